The van der Waals surface area contributed by atoms with Gasteiger partial charge in [-0.15, -0.1) is 0 Å². The van der Waals surface area contributed by atoms with Crippen LogP contribution in [0.5, 0.6) is 0 Å². The van der Waals surface area contributed by atoms with Crippen molar-refractivity contribution in [2.24, 2.45) is 5.73 Å². The van der Waals surface area contributed by atoms with Gasteiger partial charge in [-0.3, -0.25) is 4.79 Å². The number of benzene rings is 1. The normalized spacial score (nSPS) is 14.7. The Bertz CT molecular complexity index is 379. The third-order valence-electron chi connectivity index (χ3n) is 2.54. The number of halogens is 1. The maximum atomic E-state index is 13.6. The monoisotopic (exact) mass is 211 g/mol. The highest BCUT2D eigenvalue weighted by molar-refractivity contribution is 5.74. The van der Waals surface area contributed by atoms with Gasteiger partial charge in [0.1, 0.15) is 11.9 Å². The third kappa shape index (κ3) is 2.33. The van der Waals surface area contributed by atoms with Gasteiger partial charge in [-0.1, -0.05) is 25.1 Å². The van der Waals surface area contributed by atoms with Crippen molar-refractivity contribution >= 4 is 5.97 Å². The quantitative estimate of drug-likeness (QED) is 0.799. The topological polar surface area (TPSA) is 63.3 Å². The minimum atomic E-state index is -1.12. The number of rotatable bonds is 3. The molecular formula is C11H14FNO2. The lowest BCUT2D eigenvalue weighted by Gasteiger charge is -2.17. The third-order valence-corrected chi connectivity index (χ3v) is 2.54. The molecule has 0 bridgehead atoms. The van der Waals surface area contributed by atoms with Crippen LogP contribution < -0.4 is 5.73 Å². The molecule has 0 amide bonds. The Morgan fingerprint density at radius 2 is 2.13 bits per heavy atom. The molecule has 0 saturated carbocycles. The average molecular weight is 211 g/mol. The van der Waals surface area contributed by atoms with Crippen LogP contribution >= 0.6 is 0 Å². The first kappa shape index (κ1) is 11.7. The van der Waals surface area contributed by atoms with E-state index in [-0.39, 0.29) is 5.82 Å². The van der Waals surface area contributed by atoms with Crippen LogP contribution in [0, 0.1) is 12.7 Å². The van der Waals surface area contributed by atoms with E-state index < -0.39 is 17.9 Å². The molecule has 82 valence electrons. The second kappa shape index (κ2) is 4.40. The van der Waals surface area contributed by atoms with Crippen molar-refractivity contribution in [2.45, 2.75) is 25.8 Å². The van der Waals surface area contributed by atoms with Gasteiger partial charge in [0.25, 0.3) is 0 Å². The molecule has 4 heteroatoms. The van der Waals surface area contributed by atoms with E-state index in [1.54, 1.807) is 32.0 Å². The van der Waals surface area contributed by atoms with Crippen molar-refractivity contribution in [2.75, 3.05) is 0 Å². The van der Waals surface area contributed by atoms with Crippen LogP contribution in [-0.4, -0.2) is 17.1 Å². The Morgan fingerprint density at radius 1 is 1.53 bits per heavy atom. The molecule has 3 N–H and O–H groups in total. The summed E-state index contributed by atoms with van der Waals surface area (Å²) < 4.78 is 13.6. The molecule has 0 aromatic heterocycles. The Kier molecular flexibility index (Phi) is 3.42. The SMILES string of the molecule is Cc1cccc(C(C)[C@H](N)C(=O)O)c1F. The molecule has 0 radical (unpaired) electrons. The lowest BCUT2D eigenvalue weighted by molar-refractivity contribution is -0.139. The predicted octanol–water partition coefficient (Wildman–Crippen LogP) is 1.65. The van der Waals surface area contributed by atoms with Gasteiger partial charge in [0, 0.05) is 5.92 Å². The molecule has 0 aliphatic carbocycles. The van der Waals surface area contributed by atoms with Crippen LogP contribution in [0.3, 0.4) is 0 Å². The van der Waals surface area contributed by atoms with Crippen molar-refractivity contribution in [3.63, 3.8) is 0 Å². The van der Waals surface area contributed by atoms with Crippen molar-refractivity contribution in [3.8, 4) is 0 Å². The highest BCUT2D eigenvalue weighted by Gasteiger charge is 2.24. The minimum Gasteiger partial charge on any atom is -0.480 e. The molecule has 0 spiro atoms. The Balaban J connectivity index is 3.06. The first-order valence-electron chi connectivity index (χ1n) is 4.68. The Morgan fingerprint density at radius 3 is 2.67 bits per heavy atom. The summed E-state index contributed by atoms with van der Waals surface area (Å²) in [5.74, 6) is -2.03. The molecule has 1 aromatic rings. The summed E-state index contributed by atoms with van der Waals surface area (Å²) in [4.78, 5) is 10.7. The van der Waals surface area contributed by atoms with Gasteiger partial charge in [-0.05, 0) is 18.1 Å². The van der Waals surface area contributed by atoms with Crippen molar-refractivity contribution in [1.29, 1.82) is 0 Å². The van der Waals surface area contributed by atoms with Crippen LogP contribution in [0.25, 0.3) is 0 Å². The van der Waals surface area contributed by atoms with E-state index in [0.29, 0.717) is 11.1 Å². The first-order valence-corrected chi connectivity index (χ1v) is 4.68. The second-order valence-electron chi connectivity index (χ2n) is 3.63. The molecule has 0 heterocycles. The zero-order chi connectivity index (χ0) is 11.6. The van der Waals surface area contributed by atoms with E-state index in [9.17, 15) is 9.18 Å². The van der Waals surface area contributed by atoms with Crippen LogP contribution in [-0.2, 0) is 4.79 Å². The Hall–Kier alpha value is -1.42. The van der Waals surface area contributed by atoms with Crippen molar-refractivity contribution in [1.82, 2.24) is 0 Å². The van der Waals surface area contributed by atoms with E-state index in [2.05, 4.69) is 0 Å². The van der Waals surface area contributed by atoms with E-state index in [1.807, 2.05) is 0 Å². The van der Waals surface area contributed by atoms with Gasteiger partial charge in [-0.2, -0.15) is 0 Å². The molecule has 3 nitrogen and oxygen atoms in total. The van der Waals surface area contributed by atoms with Crippen LogP contribution in [0.4, 0.5) is 4.39 Å². The number of hydrogen-bond acceptors (Lipinski definition) is 2. The zero-order valence-corrected chi connectivity index (χ0v) is 8.70. The maximum Gasteiger partial charge on any atom is 0.321 e. The fourth-order valence-corrected chi connectivity index (χ4v) is 1.43. The maximum absolute atomic E-state index is 13.6. The molecular weight excluding hydrogens is 197 g/mol. The number of nitrogens with two attached hydrogens (primary N) is 1. The predicted molar refractivity (Wildman–Crippen MR) is 55.2 cm³/mol. The average Bonchev–Trinajstić information content (AvgIpc) is 2.20. The Labute approximate surface area is 87.7 Å². The number of carboxylic acid groups (broad SMARTS) is 1. The number of hydrogen-bond donors (Lipinski definition) is 2. The van der Waals surface area contributed by atoms with E-state index in [1.165, 1.54) is 0 Å². The smallest absolute Gasteiger partial charge is 0.321 e. The van der Waals surface area contributed by atoms with Gasteiger partial charge >= 0.3 is 5.97 Å². The largest absolute Gasteiger partial charge is 0.480 e. The van der Waals surface area contributed by atoms with E-state index >= 15 is 0 Å². The molecule has 0 saturated heterocycles. The molecule has 15 heavy (non-hydrogen) atoms. The number of carboxylic acids is 1. The number of aliphatic carboxylic acids is 1. The van der Waals surface area contributed by atoms with Crippen LogP contribution in [0.2, 0.25) is 0 Å². The fraction of sp³-hybridized carbons (Fsp3) is 0.364. The second-order valence-corrected chi connectivity index (χ2v) is 3.63. The molecule has 0 fully saturated rings. The lowest BCUT2D eigenvalue weighted by Crippen LogP contribution is -2.35. The molecule has 2 atom stereocenters. The van der Waals surface area contributed by atoms with Gasteiger partial charge in [0.15, 0.2) is 0 Å². The molecule has 1 unspecified atom stereocenters. The van der Waals surface area contributed by atoms with Gasteiger partial charge in [0.2, 0.25) is 0 Å². The van der Waals surface area contributed by atoms with Gasteiger partial charge in [0.05, 0.1) is 0 Å². The highest BCUT2D eigenvalue weighted by atomic mass is 19.1. The summed E-state index contributed by atoms with van der Waals surface area (Å²) in [5.41, 5.74) is 6.29. The number of aryl methyl sites for hydroxylation is 1. The van der Waals surface area contributed by atoms with E-state index in [0.717, 1.165) is 0 Å². The highest BCUT2D eigenvalue weighted by Crippen LogP contribution is 2.23. The minimum absolute atomic E-state index is 0.352. The summed E-state index contributed by atoms with van der Waals surface area (Å²) in [6.45, 7) is 3.24. The molecule has 1 aromatic carbocycles. The first-order chi connectivity index (χ1) is 6.95. The summed E-state index contributed by atoms with van der Waals surface area (Å²) in [7, 11) is 0. The van der Waals surface area contributed by atoms with Crippen molar-refractivity contribution < 1.29 is 14.3 Å². The van der Waals surface area contributed by atoms with E-state index in [4.69, 9.17) is 10.8 Å². The molecule has 1 rings (SSSR count). The summed E-state index contributed by atoms with van der Waals surface area (Å²) >= 11 is 0. The molecule has 0 aliphatic heterocycles. The summed E-state index contributed by atoms with van der Waals surface area (Å²) in [6.07, 6.45) is 0. The number of carbonyl (C=O) groups is 1. The fourth-order valence-electron chi connectivity index (χ4n) is 1.43. The molecule has 0 aliphatic rings. The zero-order valence-electron chi connectivity index (χ0n) is 8.70. The lowest BCUT2D eigenvalue weighted by atomic mass is 9.92. The van der Waals surface area contributed by atoms with Crippen molar-refractivity contribution in [3.05, 3.63) is 35.1 Å². The van der Waals surface area contributed by atoms with Gasteiger partial charge < -0.3 is 10.8 Å². The standard InChI is InChI=1S/C11H14FNO2/c1-6-4-3-5-8(9(6)12)7(2)10(13)11(14)15/h3-5,7,10H,13H2,1-2H3,(H,14,15)/t7?,10-/m0/s1. The van der Waals surface area contributed by atoms with Crippen LogP contribution in [0.1, 0.15) is 24.0 Å². The van der Waals surface area contributed by atoms with Crippen LogP contribution in [0.15, 0.2) is 18.2 Å². The van der Waals surface area contributed by atoms with Gasteiger partial charge in [-0.25, -0.2) is 4.39 Å². The summed E-state index contributed by atoms with van der Waals surface area (Å²) in [5, 5.41) is 8.73. The summed E-state index contributed by atoms with van der Waals surface area (Å²) in [6, 6.07) is 3.81.